The molecule has 0 atom stereocenters. The van der Waals surface area contributed by atoms with Gasteiger partial charge in [-0.3, -0.25) is 24.8 Å². The Kier molecular flexibility index (Phi) is 7.33. The van der Waals surface area contributed by atoms with Crippen molar-refractivity contribution in [2.24, 2.45) is 0 Å². The van der Waals surface area contributed by atoms with Gasteiger partial charge in [0.1, 0.15) is 18.3 Å². The molecule has 1 saturated heterocycles. The van der Waals surface area contributed by atoms with Gasteiger partial charge in [0.15, 0.2) is 0 Å². The molecule has 0 spiro atoms. The van der Waals surface area contributed by atoms with E-state index in [4.69, 9.17) is 4.74 Å². The zero-order valence-corrected chi connectivity index (χ0v) is 18.1. The summed E-state index contributed by atoms with van der Waals surface area (Å²) in [5.41, 5.74) is 1.25. The molecule has 1 fully saturated rings. The standard InChI is InChI=1S/C22H25N7O4/c30-22(19-2-3-20(21(14-19)29(31)32)28-17-24-16-25-28)27(15-18-4-6-23-7-5-18)9-1-8-26-10-12-33-13-11-26/h2-7,14,16-17H,1,8-13,15H2. The third-order valence-electron chi connectivity index (χ3n) is 5.50. The minimum absolute atomic E-state index is 0.205. The van der Waals surface area contributed by atoms with Crippen LogP contribution in [-0.4, -0.2) is 79.8 Å². The molecule has 0 N–H and O–H groups in total. The van der Waals surface area contributed by atoms with Gasteiger partial charge in [0.05, 0.1) is 18.1 Å². The van der Waals surface area contributed by atoms with Crippen LogP contribution in [0.15, 0.2) is 55.4 Å². The van der Waals surface area contributed by atoms with Gasteiger partial charge in [0.2, 0.25) is 0 Å². The maximum atomic E-state index is 13.4. The van der Waals surface area contributed by atoms with Gasteiger partial charge in [0.25, 0.3) is 11.6 Å². The lowest BCUT2D eigenvalue weighted by molar-refractivity contribution is -0.384. The van der Waals surface area contributed by atoms with Crippen LogP contribution in [0.1, 0.15) is 22.3 Å². The zero-order chi connectivity index (χ0) is 23.0. The van der Waals surface area contributed by atoms with Crippen molar-refractivity contribution in [2.75, 3.05) is 39.4 Å². The lowest BCUT2D eigenvalue weighted by atomic mass is 10.1. The summed E-state index contributed by atoms with van der Waals surface area (Å²) in [5, 5.41) is 15.7. The number of hydrogen-bond donors (Lipinski definition) is 0. The van der Waals surface area contributed by atoms with E-state index in [2.05, 4.69) is 20.0 Å². The van der Waals surface area contributed by atoms with E-state index >= 15 is 0 Å². The quantitative estimate of drug-likeness (QED) is 0.358. The Bertz CT molecular complexity index is 1070. The molecule has 0 saturated carbocycles. The highest BCUT2D eigenvalue weighted by atomic mass is 16.6. The minimum atomic E-state index is -0.514. The molecule has 1 amide bonds. The molecule has 4 rings (SSSR count). The van der Waals surface area contributed by atoms with Crippen molar-refractivity contribution in [3.8, 4) is 5.69 Å². The van der Waals surface area contributed by atoms with Gasteiger partial charge in [0, 0.05) is 56.7 Å². The van der Waals surface area contributed by atoms with Crippen LogP contribution in [0.3, 0.4) is 0 Å². The number of nitrogens with zero attached hydrogens (tertiary/aromatic N) is 7. The van der Waals surface area contributed by atoms with Crippen molar-refractivity contribution in [1.82, 2.24) is 29.5 Å². The monoisotopic (exact) mass is 451 g/mol. The van der Waals surface area contributed by atoms with Gasteiger partial charge in [-0.1, -0.05) is 0 Å². The van der Waals surface area contributed by atoms with E-state index in [1.54, 1.807) is 23.4 Å². The lowest BCUT2D eigenvalue weighted by Crippen LogP contribution is -2.39. The summed E-state index contributed by atoms with van der Waals surface area (Å²) < 4.78 is 6.70. The molecular formula is C22H25N7O4. The number of carbonyl (C=O) groups is 1. The molecule has 11 nitrogen and oxygen atoms in total. The van der Waals surface area contributed by atoms with E-state index in [0.29, 0.717) is 13.1 Å². The van der Waals surface area contributed by atoms with E-state index in [-0.39, 0.29) is 22.8 Å². The van der Waals surface area contributed by atoms with Crippen LogP contribution >= 0.6 is 0 Å². The Labute approximate surface area is 190 Å². The largest absolute Gasteiger partial charge is 0.379 e. The fraction of sp³-hybridized carbons (Fsp3) is 0.364. The first kappa shape index (κ1) is 22.5. The van der Waals surface area contributed by atoms with Crippen LogP contribution in [-0.2, 0) is 11.3 Å². The van der Waals surface area contributed by atoms with Gasteiger partial charge in [-0.15, -0.1) is 0 Å². The molecule has 0 bridgehead atoms. The summed E-state index contributed by atoms with van der Waals surface area (Å²) >= 11 is 0. The van der Waals surface area contributed by atoms with Gasteiger partial charge in [-0.05, 0) is 36.2 Å². The number of rotatable bonds is 9. The Balaban J connectivity index is 1.54. The molecule has 0 unspecified atom stereocenters. The highest BCUT2D eigenvalue weighted by Crippen LogP contribution is 2.24. The Morgan fingerprint density at radius 1 is 1.15 bits per heavy atom. The number of ether oxygens (including phenoxy) is 1. The molecule has 33 heavy (non-hydrogen) atoms. The van der Waals surface area contributed by atoms with Gasteiger partial charge >= 0.3 is 0 Å². The maximum absolute atomic E-state index is 13.4. The smallest absolute Gasteiger partial charge is 0.295 e. The summed E-state index contributed by atoms with van der Waals surface area (Å²) in [6, 6.07) is 8.14. The Hall–Kier alpha value is -3.70. The second-order valence-corrected chi connectivity index (χ2v) is 7.69. The number of amides is 1. The van der Waals surface area contributed by atoms with E-state index in [1.807, 2.05) is 12.1 Å². The van der Waals surface area contributed by atoms with Crippen molar-refractivity contribution >= 4 is 11.6 Å². The summed E-state index contributed by atoms with van der Waals surface area (Å²) in [6.45, 7) is 4.99. The van der Waals surface area contributed by atoms with Crippen LogP contribution in [0.4, 0.5) is 5.69 Å². The molecule has 1 aliphatic rings. The lowest BCUT2D eigenvalue weighted by Gasteiger charge is -2.28. The summed E-state index contributed by atoms with van der Waals surface area (Å²) in [5.74, 6) is -0.262. The number of benzene rings is 1. The molecule has 1 aliphatic heterocycles. The van der Waals surface area contributed by atoms with E-state index in [1.165, 1.54) is 29.5 Å². The molecule has 11 heteroatoms. The molecular weight excluding hydrogens is 426 g/mol. The number of carbonyl (C=O) groups excluding carboxylic acids is 1. The normalized spacial score (nSPS) is 14.2. The summed E-state index contributed by atoms with van der Waals surface area (Å²) in [4.78, 5) is 36.5. The van der Waals surface area contributed by atoms with Crippen molar-refractivity contribution in [3.05, 3.63) is 76.6 Å². The number of pyridine rings is 1. The number of hydrogen-bond acceptors (Lipinski definition) is 8. The number of nitro benzene ring substituents is 1. The van der Waals surface area contributed by atoms with E-state index in [0.717, 1.165) is 44.8 Å². The van der Waals surface area contributed by atoms with Crippen molar-refractivity contribution in [3.63, 3.8) is 0 Å². The van der Waals surface area contributed by atoms with Crippen LogP contribution in [0.2, 0.25) is 0 Å². The molecule has 3 heterocycles. The molecule has 0 aliphatic carbocycles. The first-order chi connectivity index (χ1) is 16.1. The summed E-state index contributed by atoms with van der Waals surface area (Å²) in [7, 11) is 0. The average molecular weight is 451 g/mol. The fourth-order valence-electron chi connectivity index (χ4n) is 3.78. The van der Waals surface area contributed by atoms with Crippen LogP contribution in [0.5, 0.6) is 0 Å². The van der Waals surface area contributed by atoms with Crippen LogP contribution in [0.25, 0.3) is 5.69 Å². The van der Waals surface area contributed by atoms with Crippen LogP contribution < -0.4 is 0 Å². The third-order valence-corrected chi connectivity index (χ3v) is 5.50. The minimum Gasteiger partial charge on any atom is -0.379 e. The highest BCUT2D eigenvalue weighted by Gasteiger charge is 2.23. The predicted molar refractivity (Wildman–Crippen MR) is 119 cm³/mol. The SMILES string of the molecule is O=C(c1ccc(-n2cncn2)c([N+](=O)[O-])c1)N(CCCN1CCOCC1)Cc1ccncc1. The van der Waals surface area contributed by atoms with Gasteiger partial charge in [-0.25, -0.2) is 9.67 Å². The number of nitro groups is 1. The molecule has 1 aromatic carbocycles. The zero-order valence-electron chi connectivity index (χ0n) is 18.1. The molecule has 0 radical (unpaired) electrons. The van der Waals surface area contributed by atoms with Crippen molar-refractivity contribution in [1.29, 1.82) is 0 Å². The first-order valence-corrected chi connectivity index (χ1v) is 10.7. The van der Waals surface area contributed by atoms with Crippen molar-refractivity contribution in [2.45, 2.75) is 13.0 Å². The highest BCUT2D eigenvalue weighted by molar-refractivity contribution is 5.95. The van der Waals surface area contributed by atoms with E-state index < -0.39 is 4.92 Å². The number of morpholine rings is 1. The van der Waals surface area contributed by atoms with E-state index in [9.17, 15) is 14.9 Å². The molecule has 3 aromatic rings. The molecule has 2 aromatic heterocycles. The predicted octanol–water partition coefficient (Wildman–Crippen LogP) is 1.94. The third kappa shape index (κ3) is 5.76. The Morgan fingerprint density at radius 2 is 1.94 bits per heavy atom. The molecule has 172 valence electrons. The second kappa shape index (κ2) is 10.7. The Morgan fingerprint density at radius 3 is 2.64 bits per heavy atom. The first-order valence-electron chi connectivity index (χ1n) is 10.7. The second-order valence-electron chi connectivity index (χ2n) is 7.69. The van der Waals surface area contributed by atoms with Crippen LogP contribution in [0, 0.1) is 10.1 Å². The van der Waals surface area contributed by atoms with Gasteiger partial charge < -0.3 is 9.64 Å². The fourth-order valence-corrected chi connectivity index (χ4v) is 3.78. The summed E-state index contributed by atoms with van der Waals surface area (Å²) in [6.07, 6.45) is 6.84. The topological polar surface area (TPSA) is 120 Å². The average Bonchev–Trinajstić information content (AvgIpc) is 3.39. The van der Waals surface area contributed by atoms with Gasteiger partial charge in [-0.2, -0.15) is 5.10 Å². The van der Waals surface area contributed by atoms with Crippen molar-refractivity contribution < 1.29 is 14.5 Å². The number of aromatic nitrogens is 4. The maximum Gasteiger partial charge on any atom is 0.295 e.